The molecule has 1 N–H and O–H groups in total. The molecular weight excluding hydrogens is 234 g/mol. The van der Waals surface area contributed by atoms with Gasteiger partial charge in [-0.3, -0.25) is 4.79 Å². The average molecular weight is 241 g/mol. The molecule has 1 heterocycles. The van der Waals surface area contributed by atoms with E-state index in [0.717, 1.165) is 0 Å². The summed E-state index contributed by atoms with van der Waals surface area (Å²) in [6, 6.07) is 3.69. The van der Waals surface area contributed by atoms with Crippen LogP contribution in [0.2, 0.25) is 0 Å². The number of hydrogen-bond donors (Lipinski definition) is 1. The number of amides is 1. The Labute approximate surface area is 91.3 Å². The van der Waals surface area contributed by atoms with E-state index < -0.39 is 21.9 Å². The van der Waals surface area contributed by atoms with Crippen LogP contribution in [0.5, 0.6) is 0 Å². The van der Waals surface area contributed by atoms with Crippen LogP contribution in [-0.4, -0.2) is 27.4 Å². The molecule has 0 radical (unpaired) electrons. The number of benzene rings is 1. The summed E-state index contributed by atoms with van der Waals surface area (Å²) in [5.41, 5.74) is 0.0939. The fourth-order valence-electron chi connectivity index (χ4n) is 1.42. The zero-order chi connectivity index (χ0) is 11.9. The van der Waals surface area contributed by atoms with Crippen LogP contribution in [0.1, 0.15) is 20.7 Å². The van der Waals surface area contributed by atoms with Crippen molar-refractivity contribution in [3.8, 4) is 0 Å². The highest BCUT2D eigenvalue weighted by Gasteiger charge is 2.32. The lowest BCUT2D eigenvalue weighted by Crippen LogP contribution is -2.20. The minimum absolute atomic E-state index is 0.0390. The fraction of sp³-hybridized carbons (Fsp3) is 0.111. The predicted molar refractivity (Wildman–Crippen MR) is 52.4 cm³/mol. The highest BCUT2D eigenvalue weighted by atomic mass is 32.2. The van der Waals surface area contributed by atoms with Gasteiger partial charge >= 0.3 is 5.97 Å². The molecular formula is C9H7NO5S. The summed E-state index contributed by atoms with van der Waals surface area (Å²) in [5, 5.41) is 0. The number of nitrogens with one attached hydrogen (secondary N) is 1. The number of methoxy groups -OCH3 is 1. The maximum absolute atomic E-state index is 11.4. The lowest BCUT2D eigenvalue weighted by molar-refractivity contribution is 0.0600. The summed E-state index contributed by atoms with van der Waals surface area (Å²) >= 11 is 0. The third-order valence-corrected chi connectivity index (χ3v) is 3.55. The van der Waals surface area contributed by atoms with Gasteiger partial charge in [-0.25, -0.2) is 17.9 Å². The van der Waals surface area contributed by atoms with Crippen molar-refractivity contribution in [1.29, 1.82) is 0 Å². The van der Waals surface area contributed by atoms with Crippen LogP contribution in [0.3, 0.4) is 0 Å². The van der Waals surface area contributed by atoms with E-state index in [1.807, 2.05) is 4.72 Å². The Morgan fingerprint density at radius 2 is 2.06 bits per heavy atom. The van der Waals surface area contributed by atoms with Gasteiger partial charge in [0, 0.05) is 0 Å². The van der Waals surface area contributed by atoms with Gasteiger partial charge in [-0.2, -0.15) is 0 Å². The quantitative estimate of drug-likeness (QED) is 0.694. The van der Waals surface area contributed by atoms with Gasteiger partial charge in [0.05, 0.1) is 18.2 Å². The number of carbonyl (C=O) groups is 2. The van der Waals surface area contributed by atoms with Crippen molar-refractivity contribution in [3.63, 3.8) is 0 Å². The van der Waals surface area contributed by atoms with Crippen molar-refractivity contribution >= 4 is 21.9 Å². The normalized spacial score (nSPS) is 16.4. The van der Waals surface area contributed by atoms with E-state index in [0.29, 0.717) is 0 Å². The first kappa shape index (κ1) is 10.6. The Hall–Kier alpha value is -1.89. The number of sulfonamides is 1. The average Bonchev–Trinajstić information content (AvgIpc) is 2.48. The second kappa shape index (κ2) is 3.31. The number of hydrogen-bond acceptors (Lipinski definition) is 5. The highest BCUT2D eigenvalue weighted by Crippen LogP contribution is 2.23. The highest BCUT2D eigenvalue weighted by molar-refractivity contribution is 7.90. The number of fused-ring (bicyclic) bond motifs is 1. The lowest BCUT2D eigenvalue weighted by Gasteiger charge is -2.00. The van der Waals surface area contributed by atoms with E-state index in [1.54, 1.807) is 0 Å². The summed E-state index contributed by atoms with van der Waals surface area (Å²) in [7, 11) is -2.55. The van der Waals surface area contributed by atoms with Crippen molar-refractivity contribution in [2.75, 3.05) is 7.11 Å². The van der Waals surface area contributed by atoms with Gasteiger partial charge in [-0.1, -0.05) is 0 Å². The van der Waals surface area contributed by atoms with Crippen LogP contribution in [0, 0.1) is 0 Å². The van der Waals surface area contributed by atoms with Gasteiger partial charge in [0.25, 0.3) is 15.9 Å². The molecule has 0 saturated heterocycles. The monoisotopic (exact) mass is 241 g/mol. The van der Waals surface area contributed by atoms with Crippen molar-refractivity contribution in [2.45, 2.75) is 4.90 Å². The standard InChI is InChI=1S/C9H7NO5S/c1-15-9(12)5-2-3-7-6(4-5)8(11)10-16(7,13)14/h2-4H,1H3,(H,10,11). The van der Waals surface area contributed by atoms with Crippen molar-refractivity contribution in [3.05, 3.63) is 29.3 Å². The largest absolute Gasteiger partial charge is 0.465 e. The molecule has 1 aromatic carbocycles. The van der Waals surface area contributed by atoms with E-state index in [4.69, 9.17) is 0 Å². The number of rotatable bonds is 1. The SMILES string of the molecule is COC(=O)c1ccc2c(c1)C(=O)NS2(=O)=O. The third-order valence-electron chi connectivity index (χ3n) is 2.16. The van der Waals surface area contributed by atoms with Crippen molar-refractivity contribution < 1.29 is 22.7 Å². The lowest BCUT2D eigenvalue weighted by atomic mass is 10.1. The first-order chi connectivity index (χ1) is 7.45. The van der Waals surface area contributed by atoms with E-state index >= 15 is 0 Å². The second-order valence-corrected chi connectivity index (χ2v) is 4.79. The van der Waals surface area contributed by atoms with E-state index in [2.05, 4.69) is 4.74 Å². The molecule has 0 unspecified atom stereocenters. The molecule has 1 amide bonds. The Balaban J connectivity index is 2.62. The van der Waals surface area contributed by atoms with E-state index in [1.165, 1.54) is 25.3 Å². The van der Waals surface area contributed by atoms with Gasteiger partial charge in [0.1, 0.15) is 4.90 Å². The summed E-state index contributed by atoms with van der Waals surface area (Å²) in [6.07, 6.45) is 0. The van der Waals surface area contributed by atoms with Crippen LogP contribution in [-0.2, 0) is 14.8 Å². The second-order valence-electron chi connectivity index (χ2n) is 3.14. The van der Waals surface area contributed by atoms with Crippen LogP contribution >= 0.6 is 0 Å². The predicted octanol–water partition coefficient (Wildman–Crippen LogP) is -0.0947. The molecule has 0 bridgehead atoms. The number of esters is 1. The molecule has 0 aliphatic carbocycles. The maximum Gasteiger partial charge on any atom is 0.337 e. The van der Waals surface area contributed by atoms with Crippen molar-refractivity contribution in [2.24, 2.45) is 0 Å². The molecule has 0 saturated carbocycles. The molecule has 7 heteroatoms. The molecule has 16 heavy (non-hydrogen) atoms. The molecule has 0 spiro atoms. The molecule has 1 aliphatic heterocycles. The summed E-state index contributed by atoms with van der Waals surface area (Å²) in [5.74, 6) is -1.36. The third kappa shape index (κ3) is 1.45. The first-order valence-electron chi connectivity index (χ1n) is 4.25. The fourth-order valence-corrected chi connectivity index (χ4v) is 2.57. The summed E-state index contributed by atoms with van der Waals surface area (Å²) in [6.45, 7) is 0. The molecule has 1 aliphatic rings. The van der Waals surface area contributed by atoms with Crippen LogP contribution in [0.4, 0.5) is 0 Å². The smallest absolute Gasteiger partial charge is 0.337 e. The zero-order valence-corrected chi connectivity index (χ0v) is 9.00. The molecule has 0 fully saturated rings. The van der Waals surface area contributed by atoms with Gasteiger partial charge in [-0.15, -0.1) is 0 Å². The molecule has 1 aromatic rings. The Morgan fingerprint density at radius 1 is 1.38 bits per heavy atom. The minimum Gasteiger partial charge on any atom is -0.465 e. The zero-order valence-electron chi connectivity index (χ0n) is 8.18. The van der Waals surface area contributed by atoms with E-state index in [9.17, 15) is 18.0 Å². The van der Waals surface area contributed by atoms with Gasteiger partial charge in [-0.05, 0) is 18.2 Å². The van der Waals surface area contributed by atoms with Crippen LogP contribution < -0.4 is 4.72 Å². The first-order valence-corrected chi connectivity index (χ1v) is 5.73. The molecule has 6 nitrogen and oxygen atoms in total. The Bertz CT molecular complexity index is 590. The van der Waals surface area contributed by atoms with Crippen LogP contribution in [0.25, 0.3) is 0 Å². The molecule has 84 valence electrons. The van der Waals surface area contributed by atoms with Gasteiger partial charge < -0.3 is 4.74 Å². The van der Waals surface area contributed by atoms with E-state index in [-0.39, 0.29) is 16.0 Å². The number of carbonyl (C=O) groups excluding carboxylic acids is 2. The number of ether oxygens (including phenoxy) is 1. The maximum atomic E-state index is 11.4. The Morgan fingerprint density at radius 3 is 2.69 bits per heavy atom. The molecule has 2 rings (SSSR count). The van der Waals surface area contributed by atoms with Crippen LogP contribution in [0.15, 0.2) is 23.1 Å². The van der Waals surface area contributed by atoms with Crippen molar-refractivity contribution in [1.82, 2.24) is 4.72 Å². The minimum atomic E-state index is -3.76. The summed E-state index contributed by atoms with van der Waals surface area (Å²) in [4.78, 5) is 22.4. The molecule has 0 atom stereocenters. The van der Waals surface area contributed by atoms with Gasteiger partial charge in [0.15, 0.2) is 0 Å². The Kier molecular flexibility index (Phi) is 2.20. The van der Waals surface area contributed by atoms with Gasteiger partial charge in [0.2, 0.25) is 0 Å². The summed E-state index contributed by atoms with van der Waals surface area (Å²) < 4.78 is 29.0. The topological polar surface area (TPSA) is 89.5 Å². The molecule has 0 aromatic heterocycles.